The Morgan fingerprint density at radius 1 is 1.33 bits per heavy atom. The molecule has 27 heavy (non-hydrogen) atoms. The van der Waals surface area contributed by atoms with E-state index in [9.17, 15) is 0 Å². The van der Waals surface area contributed by atoms with E-state index in [0.29, 0.717) is 0 Å². The molecule has 1 aromatic rings. The average Bonchev–Trinajstić information content (AvgIpc) is 2.72. The SMILES string of the molecule is CN=C(NCCC1=CCCCC1)NCc1ccc(N2CCOC(C)C2)nc1. The fourth-order valence-corrected chi connectivity index (χ4v) is 3.61. The van der Waals surface area contributed by atoms with Crippen LogP contribution in [0.2, 0.25) is 0 Å². The van der Waals surface area contributed by atoms with E-state index in [0.717, 1.165) is 56.5 Å². The third-order valence-electron chi connectivity index (χ3n) is 5.18. The summed E-state index contributed by atoms with van der Waals surface area (Å²) < 4.78 is 5.60. The summed E-state index contributed by atoms with van der Waals surface area (Å²) in [5.74, 6) is 1.87. The normalized spacial score (nSPS) is 21.0. The number of aliphatic imine (C=N–C) groups is 1. The summed E-state index contributed by atoms with van der Waals surface area (Å²) >= 11 is 0. The molecule has 3 rings (SSSR count). The van der Waals surface area contributed by atoms with Crippen LogP contribution in [-0.2, 0) is 11.3 Å². The van der Waals surface area contributed by atoms with Crippen LogP contribution >= 0.6 is 0 Å². The van der Waals surface area contributed by atoms with Gasteiger partial charge in [0.2, 0.25) is 0 Å². The Morgan fingerprint density at radius 3 is 2.96 bits per heavy atom. The number of hydrogen-bond donors (Lipinski definition) is 2. The lowest BCUT2D eigenvalue weighted by atomic mass is 9.97. The summed E-state index contributed by atoms with van der Waals surface area (Å²) in [6.07, 6.45) is 10.9. The Hall–Kier alpha value is -2.08. The van der Waals surface area contributed by atoms with E-state index in [1.165, 1.54) is 25.7 Å². The molecule has 1 aromatic heterocycles. The second kappa shape index (κ2) is 10.3. The molecule has 148 valence electrons. The summed E-state index contributed by atoms with van der Waals surface area (Å²) in [5, 5.41) is 6.79. The van der Waals surface area contributed by atoms with Gasteiger partial charge in [-0.1, -0.05) is 17.7 Å². The molecule has 6 heteroatoms. The quantitative estimate of drug-likeness (QED) is 0.457. The fourth-order valence-electron chi connectivity index (χ4n) is 3.61. The van der Waals surface area contributed by atoms with E-state index >= 15 is 0 Å². The van der Waals surface area contributed by atoms with Crippen LogP contribution in [0.4, 0.5) is 5.82 Å². The zero-order valence-corrected chi connectivity index (χ0v) is 16.7. The number of rotatable bonds is 6. The van der Waals surface area contributed by atoms with Gasteiger partial charge in [0.05, 0.1) is 12.7 Å². The van der Waals surface area contributed by atoms with Crippen LogP contribution in [0.3, 0.4) is 0 Å². The number of anilines is 1. The van der Waals surface area contributed by atoms with Gasteiger partial charge in [0, 0.05) is 39.4 Å². The Labute approximate surface area is 163 Å². The second-order valence-electron chi connectivity index (χ2n) is 7.36. The molecule has 1 fully saturated rings. The second-order valence-corrected chi connectivity index (χ2v) is 7.36. The van der Waals surface area contributed by atoms with Gasteiger partial charge in [-0.15, -0.1) is 0 Å². The van der Waals surface area contributed by atoms with Crippen molar-refractivity contribution in [2.45, 2.75) is 51.7 Å². The minimum absolute atomic E-state index is 0.265. The van der Waals surface area contributed by atoms with Gasteiger partial charge in [-0.25, -0.2) is 4.98 Å². The van der Waals surface area contributed by atoms with E-state index in [2.05, 4.69) is 50.6 Å². The molecule has 1 aliphatic heterocycles. The monoisotopic (exact) mass is 371 g/mol. The highest BCUT2D eigenvalue weighted by Crippen LogP contribution is 2.19. The number of nitrogens with one attached hydrogen (secondary N) is 2. The van der Waals surface area contributed by atoms with Gasteiger partial charge >= 0.3 is 0 Å². The Morgan fingerprint density at radius 2 is 2.26 bits per heavy atom. The van der Waals surface area contributed by atoms with Crippen molar-refractivity contribution in [1.82, 2.24) is 15.6 Å². The topological polar surface area (TPSA) is 61.8 Å². The maximum atomic E-state index is 5.60. The molecule has 0 aromatic carbocycles. The lowest BCUT2D eigenvalue weighted by molar-refractivity contribution is 0.0529. The highest BCUT2D eigenvalue weighted by Gasteiger charge is 2.17. The summed E-state index contributed by atoms with van der Waals surface area (Å²) in [6.45, 7) is 6.32. The van der Waals surface area contributed by atoms with Crippen molar-refractivity contribution >= 4 is 11.8 Å². The lowest BCUT2D eigenvalue weighted by Crippen LogP contribution is -2.41. The van der Waals surface area contributed by atoms with Gasteiger partial charge in [0.1, 0.15) is 5.82 Å². The molecule has 2 aliphatic rings. The van der Waals surface area contributed by atoms with Crippen molar-refractivity contribution in [3.63, 3.8) is 0 Å². The first-order valence-corrected chi connectivity index (χ1v) is 10.2. The zero-order chi connectivity index (χ0) is 18.9. The molecule has 1 atom stereocenters. The zero-order valence-electron chi connectivity index (χ0n) is 16.7. The van der Waals surface area contributed by atoms with Crippen molar-refractivity contribution < 1.29 is 4.74 Å². The predicted molar refractivity (Wildman–Crippen MR) is 111 cm³/mol. The van der Waals surface area contributed by atoms with Gasteiger partial charge in [0.25, 0.3) is 0 Å². The smallest absolute Gasteiger partial charge is 0.191 e. The van der Waals surface area contributed by atoms with Crippen molar-refractivity contribution in [1.29, 1.82) is 0 Å². The van der Waals surface area contributed by atoms with Gasteiger partial charge in [-0.2, -0.15) is 0 Å². The number of allylic oxidation sites excluding steroid dienone is 1. The molecule has 2 heterocycles. The molecule has 0 saturated carbocycles. The standard InChI is InChI=1S/C21H33N5O/c1-17-16-26(12-13-27-17)20-9-8-19(14-24-20)15-25-21(22-2)23-11-10-18-6-4-3-5-7-18/h6,8-9,14,17H,3-5,7,10-13,15-16H2,1-2H3,(H2,22,23,25). The highest BCUT2D eigenvalue weighted by atomic mass is 16.5. The van der Waals surface area contributed by atoms with Crippen molar-refractivity contribution in [2.24, 2.45) is 4.99 Å². The number of hydrogen-bond acceptors (Lipinski definition) is 4. The van der Waals surface area contributed by atoms with Crippen LogP contribution in [0.25, 0.3) is 0 Å². The summed E-state index contributed by atoms with van der Waals surface area (Å²) in [5.41, 5.74) is 2.74. The maximum absolute atomic E-state index is 5.60. The first-order chi connectivity index (χ1) is 13.2. The predicted octanol–water partition coefficient (Wildman–Crippen LogP) is 2.86. The minimum Gasteiger partial charge on any atom is -0.375 e. The van der Waals surface area contributed by atoms with Gasteiger partial charge in [-0.3, -0.25) is 4.99 Å². The number of aromatic nitrogens is 1. The Bertz CT molecular complexity index is 640. The van der Waals surface area contributed by atoms with E-state index < -0.39 is 0 Å². The first-order valence-electron chi connectivity index (χ1n) is 10.2. The molecule has 1 unspecified atom stereocenters. The first kappa shape index (κ1) is 19.7. The van der Waals surface area contributed by atoms with Crippen molar-refractivity contribution in [3.8, 4) is 0 Å². The van der Waals surface area contributed by atoms with Crippen LogP contribution in [0.5, 0.6) is 0 Å². The summed E-state index contributed by atoms with van der Waals surface area (Å²) in [4.78, 5) is 11.2. The number of guanidine groups is 1. The van der Waals surface area contributed by atoms with E-state index in [-0.39, 0.29) is 6.10 Å². The number of nitrogens with zero attached hydrogens (tertiary/aromatic N) is 3. The van der Waals surface area contributed by atoms with E-state index in [1.807, 2.05) is 13.2 Å². The van der Waals surface area contributed by atoms with Crippen LogP contribution in [0.15, 0.2) is 35.0 Å². The minimum atomic E-state index is 0.265. The van der Waals surface area contributed by atoms with Crippen LogP contribution in [0, 0.1) is 0 Å². The van der Waals surface area contributed by atoms with Crippen molar-refractivity contribution in [3.05, 3.63) is 35.5 Å². The van der Waals surface area contributed by atoms with Crippen LogP contribution in [-0.4, -0.2) is 50.3 Å². The molecular weight excluding hydrogens is 338 g/mol. The average molecular weight is 372 g/mol. The highest BCUT2D eigenvalue weighted by molar-refractivity contribution is 5.79. The summed E-state index contributed by atoms with van der Waals surface area (Å²) in [6, 6.07) is 4.23. The number of ether oxygens (including phenoxy) is 1. The third-order valence-corrected chi connectivity index (χ3v) is 5.18. The molecule has 0 amide bonds. The van der Waals surface area contributed by atoms with Gasteiger partial charge in [0.15, 0.2) is 5.96 Å². The van der Waals surface area contributed by atoms with Crippen molar-refractivity contribution in [2.75, 3.05) is 38.2 Å². The number of pyridine rings is 1. The van der Waals surface area contributed by atoms with E-state index in [1.54, 1.807) is 5.57 Å². The fraction of sp³-hybridized carbons (Fsp3) is 0.619. The molecule has 1 saturated heterocycles. The van der Waals surface area contributed by atoms with Gasteiger partial charge < -0.3 is 20.3 Å². The van der Waals surface area contributed by atoms with Gasteiger partial charge in [-0.05, 0) is 50.7 Å². The molecule has 0 bridgehead atoms. The molecule has 6 nitrogen and oxygen atoms in total. The Kier molecular flexibility index (Phi) is 7.51. The van der Waals surface area contributed by atoms with Crippen LogP contribution < -0.4 is 15.5 Å². The number of morpholine rings is 1. The molecule has 2 N–H and O–H groups in total. The lowest BCUT2D eigenvalue weighted by Gasteiger charge is -2.32. The molecular formula is C21H33N5O. The Balaban J connectivity index is 1.42. The summed E-state index contributed by atoms with van der Waals surface area (Å²) in [7, 11) is 1.82. The molecule has 0 spiro atoms. The molecule has 0 radical (unpaired) electrons. The molecule has 1 aliphatic carbocycles. The van der Waals surface area contributed by atoms with Crippen LogP contribution in [0.1, 0.15) is 44.6 Å². The maximum Gasteiger partial charge on any atom is 0.191 e. The van der Waals surface area contributed by atoms with E-state index in [4.69, 9.17) is 4.74 Å². The third kappa shape index (κ3) is 6.24. The largest absolute Gasteiger partial charge is 0.375 e.